The van der Waals surface area contributed by atoms with Gasteiger partial charge in [-0.25, -0.2) is 9.78 Å². The maximum Gasteiger partial charge on any atom is 0.331 e. The highest BCUT2D eigenvalue weighted by molar-refractivity contribution is 5.97. The maximum atomic E-state index is 13.9. The zero-order chi connectivity index (χ0) is 35.0. The Morgan fingerprint density at radius 2 is 1.88 bits per heavy atom. The van der Waals surface area contributed by atoms with E-state index >= 15 is 0 Å². The number of benzene rings is 2. The SMILES string of the molecule is Cc1cc(-n2c(=O)[nH]c3c([C@H]4CCCN(C(=O)C(C#N)=CC(C)(C)N5CCN(C6COC6)CC5)C4)cnc(N)c32)ccc1Oc1ccccc1. The minimum atomic E-state index is -0.461. The fourth-order valence-corrected chi connectivity index (χ4v) is 7.48. The fourth-order valence-electron chi connectivity index (χ4n) is 7.48. The van der Waals surface area contributed by atoms with Gasteiger partial charge in [0, 0.05) is 62.5 Å². The van der Waals surface area contributed by atoms with Crippen molar-refractivity contribution in [3.05, 3.63) is 88.0 Å². The number of aryl methyl sites for hydroxylation is 1. The summed E-state index contributed by atoms with van der Waals surface area (Å²) < 4.78 is 13.0. The molecule has 0 unspecified atom stereocenters. The Balaban J connectivity index is 1.11. The molecule has 2 aromatic carbocycles. The molecule has 0 radical (unpaired) electrons. The van der Waals surface area contributed by atoms with E-state index in [1.54, 1.807) is 15.7 Å². The predicted molar refractivity (Wildman–Crippen MR) is 191 cm³/mol. The van der Waals surface area contributed by atoms with Gasteiger partial charge in [-0.05, 0) is 75.6 Å². The Hall–Kier alpha value is -4.96. The summed E-state index contributed by atoms with van der Waals surface area (Å²) in [6, 6.07) is 17.8. The zero-order valence-corrected chi connectivity index (χ0v) is 28.9. The van der Waals surface area contributed by atoms with Gasteiger partial charge in [-0.15, -0.1) is 0 Å². The number of aromatic amines is 1. The minimum absolute atomic E-state index is 0.102. The third-order valence-electron chi connectivity index (χ3n) is 10.4. The van der Waals surface area contributed by atoms with Crippen LogP contribution in [0.25, 0.3) is 16.7 Å². The number of hydrogen-bond acceptors (Lipinski definition) is 9. The molecule has 1 atom stereocenters. The first-order chi connectivity index (χ1) is 24.1. The number of rotatable bonds is 8. The van der Waals surface area contributed by atoms with Gasteiger partial charge in [0.25, 0.3) is 5.91 Å². The molecule has 12 nitrogen and oxygen atoms in total. The number of nitriles is 1. The van der Waals surface area contributed by atoms with Crippen molar-refractivity contribution in [2.45, 2.75) is 51.1 Å². The number of piperidine rings is 1. The molecule has 7 rings (SSSR count). The third-order valence-corrected chi connectivity index (χ3v) is 10.4. The van der Waals surface area contributed by atoms with Crippen LogP contribution in [0.1, 0.15) is 43.7 Å². The number of ether oxygens (including phenoxy) is 2. The van der Waals surface area contributed by atoms with Crippen LogP contribution in [0.15, 0.2) is 71.2 Å². The van der Waals surface area contributed by atoms with Gasteiger partial charge in [0.15, 0.2) is 0 Å². The molecule has 3 N–H and O–H groups in total. The first-order valence-corrected chi connectivity index (χ1v) is 17.3. The van der Waals surface area contributed by atoms with E-state index in [1.165, 1.54) is 0 Å². The lowest BCUT2D eigenvalue weighted by Gasteiger charge is -2.46. The summed E-state index contributed by atoms with van der Waals surface area (Å²) in [6.07, 6.45) is 5.10. The van der Waals surface area contributed by atoms with E-state index < -0.39 is 5.54 Å². The lowest BCUT2D eigenvalue weighted by atomic mass is 9.90. The predicted octanol–water partition coefficient (Wildman–Crippen LogP) is 4.35. The second-order valence-corrected chi connectivity index (χ2v) is 14.1. The highest BCUT2D eigenvalue weighted by atomic mass is 16.5. The van der Waals surface area contributed by atoms with Crippen molar-refractivity contribution in [3.63, 3.8) is 0 Å². The average molecular weight is 677 g/mol. The number of fused-ring (bicyclic) bond motifs is 1. The first-order valence-electron chi connectivity index (χ1n) is 17.3. The number of imidazole rings is 1. The summed E-state index contributed by atoms with van der Waals surface area (Å²) in [6.45, 7) is 12.2. The number of aromatic nitrogens is 3. The number of anilines is 1. The summed E-state index contributed by atoms with van der Waals surface area (Å²) >= 11 is 0. The molecule has 0 aliphatic carbocycles. The molecule has 50 heavy (non-hydrogen) atoms. The molecule has 3 fully saturated rings. The number of hydrogen-bond donors (Lipinski definition) is 2. The van der Waals surface area contributed by atoms with E-state index in [9.17, 15) is 14.9 Å². The van der Waals surface area contributed by atoms with Crippen LogP contribution in [0.5, 0.6) is 11.5 Å². The number of nitrogens with one attached hydrogen (secondary N) is 1. The van der Waals surface area contributed by atoms with Crippen molar-refractivity contribution in [1.29, 1.82) is 5.26 Å². The van der Waals surface area contributed by atoms with Crippen LogP contribution in [0, 0.1) is 18.3 Å². The van der Waals surface area contributed by atoms with Crippen molar-refractivity contribution in [3.8, 4) is 23.3 Å². The third kappa shape index (κ3) is 6.52. The van der Waals surface area contributed by atoms with Crippen molar-refractivity contribution < 1.29 is 14.3 Å². The lowest BCUT2D eigenvalue weighted by molar-refractivity contribution is -0.128. The number of carbonyl (C=O) groups excluding carboxylic acids is 1. The number of nitrogen functional groups attached to an aromatic ring is 1. The molecule has 3 aliphatic heterocycles. The molecule has 0 bridgehead atoms. The fraction of sp³-hybridized carbons (Fsp3) is 0.421. The second kappa shape index (κ2) is 13.7. The molecule has 3 saturated heterocycles. The largest absolute Gasteiger partial charge is 0.457 e. The molecule has 3 aliphatic rings. The van der Waals surface area contributed by atoms with Gasteiger partial charge in [-0.2, -0.15) is 5.26 Å². The van der Waals surface area contributed by atoms with Gasteiger partial charge >= 0.3 is 5.69 Å². The molecule has 2 aromatic heterocycles. The number of pyridine rings is 1. The number of likely N-dealkylation sites (tertiary alicyclic amines) is 1. The molecule has 4 aromatic rings. The molecular weight excluding hydrogens is 632 g/mol. The average Bonchev–Trinajstić information content (AvgIpc) is 3.45. The summed E-state index contributed by atoms with van der Waals surface area (Å²) in [4.78, 5) is 41.5. The number of H-pyrrole nitrogens is 1. The smallest absolute Gasteiger partial charge is 0.331 e. The normalized spacial score (nSPS) is 19.7. The molecule has 1 amide bonds. The number of amides is 1. The standard InChI is InChI=1S/C38H44N8O4/c1-25-18-28(11-12-32(25)50-30-9-5-4-6-10-30)46-34-33(42-37(46)48)31(21-41-35(34)40)26-8-7-13-44(22-26)36(47)27(20-39)19-38(2,3)45-16-14-43(15-17-45)29-23-49-24-29/h4-6,9-12,18-19,21,26,29H,7-8,13-17,22-24H2,1-3H3,(H2,40,41)(H,42,48)/t26-/m0/s1. The highest BCUT2D eigenvalue weighted by Gasteiger charge is 2.35. The van der Waals surface area contributed by atoms with Crippen LogP contribution >= 0.6 is 0 Å². The van der Waals surface area contributed by atoms with Gasteiger partial charge in [0.1, 0.15) is 34.5 Å². The minimum Gasteiger partial charge on any atom is -0.457 e. The van der Waals surface area contributed by atoms with Gasteiger partial charge in [-0.3, -0.25) is 19.2 Å². The summed E-state index contributed by atoms with van der Waals surface area (Å²) in [5.41, 5.74) is 9.20. The van der Waals surface area contributed by atoms with Gasteiger partial charge in [0.2, 0.25) is 0 Å². The second-order valence-electron chi connectivity index (χ2n) is 14.1. The number of piperazine rings is 1. The summed E-state index contributed by atoms with van der Waals surface area (Å²) in [7, 11) is 0. The van der Waals surface area contributed by atoms with E-state index in [4.69, 9.17) is 15.2 Å². The van der Waals surface area contributed by atoms with Crippen LogP contribution in [-0.4, -0.2) is 99.2 Å². The molecule has 0 saturated carbocycles. The van der Waals surface area contributed by atoms with E-state index in [-0.39, 0.29) is 28.9 Å². The Kier molecular flexibility index (Phi) is 9.22. The van der Waals surface area contributed by atoms with Gasteiger partial charge in [0.05, 0.1) is 30.5 Å². The van der Waals surface area contributed by atoms with Crippen molar-refractivity contribution in [1.82, 2.24) is 29.2 Å². The molecule has 5 heterocycles. The van der Waals surface area contributed by atoms with Crippen LogP contribution in [0.4, 0.5) is 5.82 Å². The molecule has 0 spiro atoms. The Morgan fingerprint density at radius 1 is 1.12 bits per heavy atom. The monoisotopic (exact) mass is 676 g/mol. The Morgan fingerprint density at radius 3 is 2.56 bits per heavy atom. The first kappa shape index (κ1) is 33.5. The van der Waals surface area contributed by atoms with Crippen molar-refractivity contribution >= 4 is 22.8 Å². The lowest BCUT2D eigenvalue weighted by Crippen LogP contribution is -2.59. The van der Waals surface area contributed by atoms with Crippen molar-refractivity contribution in [2.24, 2.45) is 0 Å². The van der Waals surface area contributed by atoms with E-state index in [2.05, 4.69) is 39.7 Å². The number of carbonyl (C=O) groups is 1. The quantitative estimate of drug-likeness (QED) is 0.206. The van der Waals surface area contributed by atoms with Crippen molar-refractivity contribution in [2.75, 3.05) is 58.2 Å². The number of para-hydroxylation sites is 1. The molecular formula is C38H44N8O4. The number of nitrogens with zero attached hydrogens (tertiary/aromatic N) is 6. The van der Waals surface area contributed by atoms with Gasteiger partial charge < -0.3 is 25.1 Å². The molecule has 12 heteroatoms. The topological polar surface area (TPSA) is 146 Å². The Labute approximate surface area is 291 Å². The maximum absolute atomic E-state index is 13.9. The molecule has 260 valence electrons. The van der Waals surface area contributed by atoms with E-state index in [1.807, 2.05) is 61.5 Å². The van der Waals surface area contributed by atoms with Crippen LogP contribution in [-0.2, 0) is 9.53 Å². The van der Waals surface area contributed by atoms with Crippen LogP contribution in [0.2, 0.25) is 0 Å². The van der Waals surface area contributed by atoms with Crippen LogP contribution < -0.4 is 16.2 Å². The van der Waals surface area contributed by atoms with E-state index in [0.717, 1.165) is 69.1 Å². The Bertz CT molecular complexity index is 2020. The highest BCUT2D eigenvalue weighted by Crippen LogP contribution is 2.35. The van der Waals surface area contributed by atoms with E-state index in [0.29, 0.717) is 41.6 Å². The number of nitrogens with two attached hydrogens (primary N) is 1. The summed E-state index contributed by atoms with van der Waals surface area (Å²) in [5, 5.41) is 10.2. The summed E-state index contributed by atoms with van der Waals surface area (Å²) in [5.74, 6) is 1.26. The van der Waals surface area contributed by atoms with Gasteiger partial charge in [-0.1, -0.05) is 18.2 Å². The zero-order valence-electron chi connectivity index (χ0n) is 28.9. The van der Waals surface area contributed by atoms with Crippen LogP contribution in [0.3, 0.4) is 0 Å².